The topological polar surface area (TPSA) is 64.3 Å². The number of benzene rings is 2. The molecule has 0 aliphatic rings. The molecular weight excluding hydrogens is 335 g/mol. The summed E-state index contributed by atoms with van der Waals surface area (Å²) >= 11 is 18.3. The van der Waals surface area contributed by atoms with Crippen LogP contribution in [-0.2, 0) is 4.74 Å². The van der Waals surface area contributed by atoms with Gasteiger partial charge in [0.15, 0.2) is 0 Å². The molecule has 0 radical (unpaired) electrons. The molecule has 0 fully saturated rings. The summed E-state index contributed by atoms with van der Waals surface area (Å²) in [5, 5.41) is 4.10. The summed E-state index contributed by atoms with van der Waals surface area (Å²) in [6, 6.07) is 8.01. The van der Waals surface area contributed by atoms with Gasteiger partial charge in [0.2, 0.25) is 0 Å². The van der Waals surface area contributed by atoms with Crippen molar-refractivity contribution in [2.75, 3.05) is 18.2 Å². The number of para-hydroxylation sites is 1. The van der Waals surface area contributed by atoms with Gasteiger partial charge >= 0.3 is 5.97 Å². The summed E-state index contributed by atoms with van der Waals surface area (Å²) in [4.78, 5) is 11.5. The lowest BCUT2D eigenvalue weighted by Gasteiger charge is -2.15. The number of carbonyl (C=O) groups excluding carboxylic acids is 1. The molecule has 4 nitrogen and oxygen atoms in total. The SMILES string of the molecule is COC(=O)c1cc(N)c(Nc2c(Cl)cccc2Cl)c(Cl)c1. The molecule has 0 spiro atoms. The van der Waals surface area contributed by atoms with Gasteiger partial charge in [0.1, 0.15) is 0 Å². The van der Waals surface area contributed by atoms with Crippen molar-refractivity contribution in [3.8, 4) is 0 Å². The molecule has 2 aromatic rings. The van der Waals surface area contributed by atoms with Crippen LogP contribution in [0.3, 0.4) is 0 Å². The largest absolute Gasteiger partial charge is 0.465 e. The molecule has 2 rings (SSSR count). The van der Waals surface area contributed by atoms with Gasteiger partial charge in [0.05, 0.1) is 44.8 Å². The van der Waals surface area contributed by atoms with Crippen LogP contribution in [0.2, 0.25) is 15.1 Å². The number of hydrogen-bond acceptors (Lipinski definition) is 4. The lowest BCUT2D eigenvalue weighted by atomic mass is 10.1. The number of carbonyl (C=O) groups is 1. The number of hydrogen-bond donors (Lipinski definition) is 2. The van der Waals surface area contributed by atoms with Gasteiger partial charge in [-0.3, -0.25) is 0 Å². The van der Waals surface area contributed by atoms with Crippen LogP contribution >= 0.6 is 34.8 Å². The van der Waals surface area contributed by atoms with E-state index in [4.69, 9.17) is 40.5 Å². The van der Waals surface area contributed by atoms with E-state index in [2.05, 4.69) is 10.1 Å². The average Bonchev–Trinajstić information content (AvgIpc) is 2.44. The fraction of sp³-hybridized carbons (Fsp3) is 0.0714. The van der Waals surface area contributed by atoms with Crippen molar-refractivity contribution in [1.82, 2.24) is 0 Å². The number of nitrogens with two attached hydrogens (primary N) is 1. The van der Waals surface area contributed by atoms with E-state index in [0.29, 0.717) is 21.4 Å². The van der Waals surface area contributed by atoms with Gasteiger partial charge in [-0.1, -0.05) is 40.9 Å². The first kappa shape index (κ1) is 15.8. The third-order valence-electron chi connectivity index (χ3n) is 2.75. The third-order valence-corrected chi connectivity index (χ3v) is 3.68. The van der Waals surface area contributed by atoms with E-state index >= 15 is 0 Å². The molecule has 110 valence electrons. The Hall–Kier alpha value is -1.62. The molecule has 0 bridgehead atoms. The third kappa shape index (κ3) is 3.35. The number of esters is 1. The molecular formula is C14H11Cl3N2O2. The second-order valence-electron chi connectivity index (χ2n) is 4.14. The monoisotopic (exact) mass is 344 g/mol. The van der Waals surface area contributed by atoms with Gasteiger partial charge in [0, 0.05) is 0 Å². The summed E-state index contributed by atoms with van der Waals surface area (Å²) in [6.07, 6.45) is 0. The summed E-state index contributed by atoms with van der Waals surface area (Å²) in [6.45, 7) is 0. The molecule has 0 aromatic heterocycles. The number of nitrogen functional groups attached to an aromatic ring is 1. The summed E-state index contributed by atoms with van der Waals surface area (Å²) in [7, 11) is 1.28. The molecule has 0 aliphatic carbocycles. The van der Waals surface area contributed by atoms with Crippen molar-refractivity contribution in [3.63, 3.8) is 0 Å². The van der Waals surface area contributed by atoms with Crippen LogP contribution in [0.4, 0.5) is 17.1 Å². The standard InChI is InChI=1S/C14H11Cl3N2O2/c1-21-14(20)7-5-10(17)13(11(18)6-7)19-12-8(15)3-2-4-9(12)16/h2-6,19H,18H2,1H3. The van der Waals surface area contributed by atoms with Crippen LogP contribution in [0.15, 0.2) is 30.3 Å². The minimum absolute atomic E-state index is 0.256. The molecule has 21 heavy (non-hydrogen) atoms. The van der Waals surface area contributed by atoms with Gasteiger partial charge in [-0.25, -0.2) is 4.79 Å². The molecule has 3 N–H and O–H groups in total. The quantitative estimate of drug-likeness (QED) is 0.622. The highest BCUT2D eigenvalue weighted by Gasteiger charge is 2.15. The second-order valence-corrected chi connectivity index (χ2v) is 5.36. The first-order valence-corrected chi connectivity index (χ1v) is 6.95. The van der Waals surface area contributed by atoms with Crippen molar-refractivity contribution < 1.29 is 9.53 Å². The minimum Gasteiger partial charge on any atom is -0.465 e. The Morgan fingerprint density at radius 3 is 2.24 bits per heavy atom. The Bertz CT molecular complexity index is 661. The van der Waals surface area contributed by atoms with E-state index in [0.717, 1.165) is 0 Å². The number of nitrogens with one attached hydrogen (secondary N) is 1. The summed E-state index contributed by atoms with van der Waals surface area (Å²) in [5.74, 6) is -0.522. The first-order chi connectivity index (χ1) is 9.93. The first-order valence-electron chi connectivity index (χ1n) is 5.82. The molecule has 0 saturated carbocycles. The lowest BCUT2D eigenvalue weighted by Crippen LogP contribution is -2.05. The van der Waals surface area contributed by atoms with Crippen LogP contribution in [0.1, 0.15) is 10.4 Å². The van der Waals surface area contributed by atoms with Gasteiger partial charge in [-0.05, 0) is 24.3 Å². The van der Waals surface area contributed by atoms with Crippen LogP contribution in [0, 0.1) is 0 Å². The van der Waals surface area contributed by atoms with Crippen LogP contribution < -0.4 is 11.1 Å². The Kier molecular flexibility index (Phi) is 4.83. The number of halogens is 3. The van der Waals surface area contributed by atoms with E-state index in [1.807, 2.05) is 0 Å². The molecule has 0 atom stereocenters. The Morgan fingerprint density at radius 1 is 1.10 bits per heavy atom. The number of anilines is 3. The predicted molar refractivity (Wildman–Crippen MR) is 86.9 cm³/mol. The van der Waals surface area contributed by atoms with E-state index in [1.54, 1.807) is 18.2 Å². The van der Waals surface area contributed by atoms with E-state index in [9.17, 15) is 4.79 Å². The second kappa shape index (κ2) is 6.43. The highest BCUT2D eigenvalue weighted by molar-refractivity contribution is 6.40. The van der Waals surface area contributed by atoms with Crippen molar-refractivity contribution in [3.05, 3.63) is 51.0 Å². The van der Waals surface area contributed by atoms with Crippen molar-refractivity contribution in [2.45, 2.75) is 0 Å². The van der Waals surface area contributed by atoms with Crippen molar-refractivity contribution >= 4 is 57.8 Å². The zero-order chi connectivity index (χ0) is 15.6. The minimum atomic E-state index is -0.522. The molecule has 0 unspecified atom stereocenters. The molecule has 7 heteroatoms. The van der Waals surface area contributed by atoms with Gasteiger partial charge < -0.3 is 15.8 Å². The molecule has 0 amide bonds. The molecule has 0 saturated heterocycles. The van der Waals surface area contributed by atoms with Gasteiger partial charge in [-0.2, -0.15) is 0 Å². The van der Waals surface area contributed by atoms with Gasteiger partial charge in [-0.15, -0.1) is 0 Å². The summed E-state index contributed by atoms with van der Waals surface area (Å²) in [5.41, 5.74) is 7.36. The Balaban J connectivity index is 2.44. The van der Waals surface area contributed by atoms with Crippen LogP contribution in [0.5, 0.6) is 0 Å². The number of rotatable bonds is 3. The Morgan fingerprint density at radius 2 is 1.71 bits per heavy atom. The van der Waals surface area contributed by atoms with Crippen molar-refractivity contribution in [1.29, 1.82) is 0 Å². The van der Waals surface area contributed by atoms with E-state index in [-0.39, 0.29) is 16.3 Å². The zero-order valence-corrected chi connectivity index (χ0v) is 13.2. The van der Waals surface area contributed by atoms with Crippen LogP contribution in [-0.4, -0.2) is 13.1 Å². The van der Waals surface area contributed by atoms with E-state index in [1.165, 1.54) is 19.2 Å². The van der Waals surface area contributed by atoms with Crippen LogP contribution in [0.25, 0.3) is 0 Å². The number of ether oxygens (including phenoxy) is 1. The molecule has 2 aromatic carbocycles. The molecule has 0 aliphatic heterocycles. The highest BCUT2D eigenvalue weighted by Crippen LogP contribution is 2.38. The predicted octanol–water partition coefficient (Wildman–Crippen LogP) is 4.76. The zero-order valence-electron chi connectivity index (χ0n) is 10.9. The molecule has 0 heterocycles. The highest BCUT2D eigenvalue weighted by atomic mass is 35.5. The maximum atomic E-state index is 11.5. The van der Waals surface area contributed by atoms with E-state index < -0.39 is 5.97 Å². The van der Waals surface area contributed by atoms with Crippen molar-refractivity contribution in [2.24, 2.45) is 0 Å². The fourth-order valence-corrected chi connectivity index (χ4v) is 2.50. The Labute approximate surface area is 136 Å². The summed E-state index contributed by atoms with van der Waals surface area (Å²) < 4.78 is 4.63. The fourth-order valence-electron chi connectivity index (χ4n) is 1.74. The average molecular weight is 346 g/mol. The van der Waals surface area contributed by atoms with Gasteiger partial charge in [0.25, 0.3) is 0 Å². The number of methoxy groups -OCH3 is 1. The maximum Gasteiger partial charge on any atom is 0.337 e. The smallest absolute Gasteiger partial charge is 0.337 e. The normalized spacial score (nSPS) is 10.3. The maximum absolute atomic E-state index is 11.5. The lowest BCUT2D eigenvalue weighted by molar-refractivity contribution is 0.0601.